The Morgan fingerprint density at radius 1 is 1.29 bits per heavy atom. The van der Waals surface area contributed by atoms with Gasteiger partial charge in [0.25, 0.3) is 0 Å². The molecule has 2 rings (SSSR count). The van der Waals surface area contributed by atoms with Crippen LogP contribution in [0.2, 0.25) is 0 Å². The number of hydrogen-bond donors (Lipinski definition) is 0. The summed E-state index contributed by atoms with van der Waals surface area (Å²) < 4.78 is 25.6. The van der Waals surface area contributed by atoms with Gasteiger partial charge in [0.05, 0.1) is 11.9 Å². The number of rotatable bonds is 6. The predicted octanol–water partition coefficient (Wildman–Crippen LogP) is 2.80. The molecule has 1 amide bonds. The lowest BCUT2D eigenvalue weighted by atomic mass is 9.99. The van der Waals surface area contributed by atoms with Crippen LogP contribution in [0.15, 0.2) is 24.3 Å². The van der Waals surface area contributed by atoms with E-state index in [9.17, 15) is 13.2 Å². The molecule has 0 atom stereocenters. The Kier molecular flexibility index (Phi) is 6.27. The van der Waals surface area contributed by atoms with Crippen molar-refractivity contribution >= 4 is 21.6 Å². The largest absolute Gasteiger partial charge is 0.343 e. The molecule has 5 nitrogen and oxygen atoms in total. The molecule has 1 aliphatic heterocycles. The number of carbonyl (C=O) groups is 1. The highest BCUT2D eigenvalue weighted by Gasteiger charge is 2.21. The van der Waals surface area contributed by atoms with Gasteiger partial charge in [-0.15, -0.1) is 0 Å². The molecule has 6 heteroatoms. The van der Waals surface area contributed by atoms with Crippen molar-refractivity contribution in [3.8, 4) is 0 Å². The minimum atomic E-state index is -3.36. The molecule has 0 radical (unpaired) electrons. The van der Waals surface area contributed by atoms with Crippen LogP contribution in [0.3, 0.4) is 0 Å². The van der Waals surface area contributed by atoms with Gasteiger partial charge in [0, 0.05) is 26.1 Å². The van der Waals surface area contributed by atoms with E-state index in [1.807, 2.05) is 30.0 Å². The van der Waals surface area contributed by atoms with Crippen LogP contribution in [-0.2, 0) is 14.8 Å². The maximum absolute atomic E-state index is 12.3. The number of benzene rings is 1. The number of piperidine rings is 1. The van der Waals surface area contributed by atoms with Crippen molar-refractivity contribution in [3.05, 3.63) is 29.8 Å². The van der Waals surface area contributed by atoms with E-state index < -0.39 is 10.0 Å². The second kappa shape index (κ2) is 8.01. The first-order valence-electron chi connectivity index (χ1n) is 8.59. The molecule has 0 bridgehead atoms. The van der Waals surface area contributed by atoms with Gasteiger partial charge in [0.15, 0.2) is 0 Å². The molecule has 0 unspecified atom stereocenters. The molecule has 0 spiro atoms. The fourth-order valence-electron chi connectivity index (χ4n) is 3.06. The van der Waals surface area contributed by atoms with Crippen LogP contribution in [0.25, 0.3) is 0 Å². The number of anilines is 1. The lowest BCUT2D eigenvalue weighted by molar-refractivity contribution is -0.132. The lowest BCUT2D eigenvalue weighted by Crippen LogP contribution is -2.38. The van der Waals surface area contributed by atoms with E-state index in [2.05, 4.69) is 6.92 Å². The Morgan fingerprint density at radius 2 is 1.96 bits per heavy atom. The second-order valence-electron chi connectivity index (χ2n) is 6.84. The number of nitrogens with zero attached hydrogens (tertiary/aromatic N) is 2. The number of aryl methyl sites for hydroxylation is 1. The minimum absolute atomic E-state index is 0.139. The maximum Gasteiger partial charge on any atom is 0.232 e. The molecule has 0 aliphatic carbocycles. The summed E-state index contributed by atoms with van der Waals surface area (Å²) in [6, 6.07) is 7.44. The molecule has 134 valence electrons. The van der Waals surface area contributed by atoms with Crippen molar-refractivity contribution in [1.82, 2.24) is 4.90 Å². The standard InChI is InChI=1S/C18H28N2O3S/c1-15-9-12-19(13-10-15)18(21)8-5-11-20(24(3,22)23)17-7-4-6-16(2)14-17/h4,6-7,14-15H,5,8-13H2,1-3H3. The Bertz CT molecular complexity index is 665. The monoisotopic (exact) mass is 352 g/mol. The highest BCUT2D eigenvalue weighted by molar-refractivity contribution is 7.92. The molecule has 0 aromatic heterocycles. The predicted molar refractivity (Wildman–Crippen MR) is 97.6 cm³/mol. The zero-order valence-corrected chi connectivity index (χ0v) is 15.7. The van der Waals surface area contributed by atoms with Crippen molar-refractivity contribution < 1.29 is 13.2 Å². The van der Waals surface area contributed by atoms with Crippen LogP contribution >= 0.6 is 0 Å². The molecule has 24 heavy (non-hydrogen) atoms. The summed E-state index contributed by atoms with van der Waals surface area (Å²) in [5.41, 5.74) is 1.68. The van der Waals surface area contributed by atoms with Gasteiger partial charge in [-0.3, -0.25) is 9.10 Å². The minimum Gasteiger partial charge on any atom is -0.343 e. The molecule has 1 aromatic carbocycles. The molecule has 0 saturated carbocycles. The SMILES string of the molecule is Cc1cccc(N(CCCC(=O)N2CCC(C)CC2)S(C)(=O)=O)c1. The van der Waals surface area contributed by atoms with E-state index >= 15 is 0 Å². The van der Waals surface area contributed by atoms with E-state index in [1.165, 1.54) is 10.6 Å². The number of sulfonamides is 1. The fourth-order valence-corrected chi connectivity index (χ4v) is 4.02. The molecule has 1 fully saturated rings. The molecule has 0 N–H and O–H groups in total. The van der Waals surface area contributed by atoms with Crippen molar-refractivity contribution in [2.45, 2.75) is 39.5 Å². The first-order chi connectivity index (χ1) is 11.3. The normalized spacial score (nSPS) is 16.2. The molecule has 1 saturated heterocycles. The van der Waals surface area contributed by atoms with Crippen molar-refractivity contribution in [2.75, 3.05) is 30.2 Å². The quantitative estimate of drug-likeness (QED) is 0.791. The first-order valence-corrected chi connectivity index (χ1v) is 10.4. The Hall–Kier alpha value is -1.56. The van der Waals surface area contributed by atoms with E-state index in [1.54, 1.807) is 6.07 Å². The van der Waals surface area contributed by atoms with Gasteiger partial charge in [-0.1, -0.05) is 19.1 Å². The van der Waals surface area contributed by atoms with E-state index in [0.717, 1.165) is 31.5 Å². The van der Waals surface area contributed by atoms with E-state index in [-0.39, 0.29) is 5.91 Å². The summed E-state index contributed by atoms with van der Waals surface area (Å²) in [5, 5.41) is 0. The first kappa shape index (κ1) is 18.8. The third-order valence-electron chi connectivity index (χ3n) is 4.58. The Labute approximate surface area is 145 Å². The van der Waals surface area contributed by atoms with Gasteiger partial charge in [-0.2, -0.15) is 0 Å². The van der Waals surface area contributed by atoms with Crippen LogP contribution in [0, 0.1) is 12.8 Å². The summed E-state index contributed by atoms with van der Waals surface area (Å²) in [5.74, 6) is 0.829. The van der Waals surface area contributed by atoms with Gasteiger partial charge in [-0.25, -0.2) is 8.42 Å². The molecule has 1 aromatic rings. The number of hydrogen-bond acceptors (Lipinski definition) is 3. The van der Waals surface area contributed by atoms with Crippen LogP contribution in [0.5, 0.6) is 0 Å². The maximum atomic E-state index is 12.3. The van der Waals surface area contributed by atoms with Gasteiger partial charge in [-0.05, 0) is 49.8 Å². The summed E-state index contributed by atoms with van der Waals surface area (Å²) in [7, 11) is -3.36. The molecule has 1 aliphatic rings. The topological polar surface area (TPSA) is 57.7 Å². The average Bonchev–Trinajstić information content (AvgIpc) is 2.50. The van der Waals surface area contributed by atoms with Gasteiger partial charge >= 0.3 is 0 Å². The Morgan fingerprint density at radius 3 is 2.54 bits per heavy atom. The summed E-state index contributed by atoms with van der Waals surface area (Å²) in [6.45, 7) is 6.14. The van der Waals surface area contributed by atoms with Gasteiger partial charge < -0.3 is 4.90 Å². The zero-order valence-electron chi connectivity index (χ0n) is 14.9. The highest BCUT2D eigenvalue weighted by atomic mass is 32.2. The smallest absolute Gasteiger partial charge is 0.232 e. The van der Waals surface area contributed by atoms with E-state index in [4.69, 9.17) is 0 Å². The van der Waals surface area contributed by atoms with E-state index in [0.29, 0.717) is 31.0 Å². The second-order valence-corrected chi connectivity index (χ2v) is 8.75. The number of carbonyl (C=O) groups excluding carboxylic acids is 1. The van der Waals surface area contributed by atoms with Gasteiger partial charge in [0.2, 0.25) is 15.9 Å². The van der Waals surface area contributed by atoms with Crippen LogP contribution < -0.4 is 4.31 Å². The molecule has 1 heterocycles. The summed E-state index contributed by atoms with van der Waals surface area (Å²) in [6.07, 6.45) is 4.26. The summed E-state index contributed by atoms with van der Waals surface area (Å²) in [4.78, 5) is 14.2. The summed E-state index contributed by atoms with van der Waals surface area (Å²) >= 11 is 0. The van der Waals surface area contributed by atoms with Crippen molar-refractivity contribution in [3.63, 3.8) is 0 Å². The fraction of sp³-hybridized carbons (Fsp3) is 0.611. The van der Waals surface area contributed by atoms with Crippen molar-refractivity contribution in [1.29, 1.82) is 0 Å². The zero-order chi connectivity index (χ0) is 17.7. The van der Waals surface area contributed by atoms with Crippen LogP contribution in [-0.4, -0.2) is 45.1 Å². The third kappa shape index (κ3) is 5.23. The van der Waals surface area contributed by atoms with Crippen LogP contribution in [0.4, 0.5) is 5.69 Å². The third-order valence-corrected chi connectivity index (χ3v) is 5.77. The highest BCUT2D eigenvalue weighted by Crippen LogP contribution is 2.20. The number of likely N-dealkylation sites (tertiary alicyclic amines) is 1. The molecular formula is C18H28N2O3S. The Balaban J connectivity index is 1.93. The van der Waals surface area contributed by atoms with Gasteiger partial charge in [0.1, 0.15) is 0 Å². The lowest BCUT2D eigenvalue weighted by Gasteiger charge is -2.30. The van der Waals surface area contributed by atoms with Crippen LogP contribution in [0.1, 0.15) is 38.2 Å². The average molecular weight is 353 g/mol. The molecular weight excluding hydrogens is 324 g/mol. The van der Waals surface area contributed by atoms with Crippen molar-refractivity contribution in [2.24, 2.45) is 5.92 Å². The number of amides is 1.